The number of hydrogen-bond donors (Lipinski definition) is 0. The van der Waals surface area contributed by atoms with Gasteiger partial charge in [-0.15, -0.1) is 0 Å². The Morgan fingerprint density at radius 3 is 1.68 bits per heavy atom. The quantitative estimate of drug-likeness (QED) is 0.528. The molecule has 0 aliphatic carbocycles. The number of fused-ring (bicyclic) bond motifs is 2. The predicted octanol–water partition coefficient (Wildman–Crippen LogP) is 6.19. The summed E-state index contributed by atoms with van der Waals surface area (Å²) in [5.41, 5.74) is 4.01. The molecule has 0 saturated carbocycles. The summed E-state index contributed by atoms with van der Waals surface area (Å²) in [6.45, 7) is 4.11. The lowest BCUT2D eigenvalue weighted by Gasteiger charge is -2.24. The Hall–Kier alpha value is -1.09. The van der Waals surface area contributed by atoms with Crippen molar-refractivity contribution in [1.29, 1.82) is 0 Å². The lowest BCUT2D eigenvalue weighted by atomic mass is 10.1. The largest absolute Gasteiger partial charge is 0.530 e. The van der Waals surface area contributed by atoms with Gasteiger partial charge in [0.25, 0.3) is 0 Å². The Morgan fingerprint density at radius 1 is 0.864 bits per heavy atom. The van der Waals surface area contributed by atoms with Crippen molar-refractivity contribution in [3.05, 3.63) is 46.5 Å². The molecule has 6 heteroatoms. The van der Waals surface area contributed by atoms with Crippen LogP contribution in [0.2, 0.25) is 0 Å². The molecule has 0 unspecified atom stereocenters. The zero-order valence-electron chi connectivity index (χ0n) is 12.8. The van der Waals surface area contributed by atoms with Gasteiger partial charge in [0.15, 0.2) is 0 Å². The molecule has 116 valence electrons. The minimum Gasteiger partial charge on any atom is -0.403 e. The minimum atomic E-state index is -3.75. The summed E-state index contributed by atoms with van der Waals surface area (Å²) < 4.78 is 23.6. The van der Waals surface area contributed by atoms with Gasteiger partial charge in [0, 0.05) is 11.2 Å². The monoisotopic (exact) mass is 354 g/mol. The fraction of sp³-hybridized carbons (Fsp3) is 0.250. The van der Waals surface area contributed by atoms with E-state index in [9.17, 15) is 4.57 Å². The maximum atomic E-state index is 12.5. The van der Waals surface area contributed by atoms with E-state index in [1.165, 1.54) is 0 Å². The average molecular weight is 355 g/mol. The van der Waals surface area contributed by atoms with Crippen molar-refractivity contribution in [2.45, 2.75) is 37.5 Å². The van der Waals surface area contributed by atoms with Crippen LogP contribution >= 0.6 is 30.0 Å². The smallest absolute Gasteiger partial charge is 0.403 e. The SMILES string of the molecule is Cc1cc(C)c2c(c1)Sc1cc(C)cc(C)c1OP(=O)(Cl)O2. The molecule has 1 heterocycles. The van der Waals surface area contributed by atoms with Crippen molar-refractivity contribution in [3.8, 4) is 11.5 Å². The highest BCUT2D eigenvalue weighted by Crippen LogP contribution is 2.60. The van der Waals surface area contributed by atoms with Gasteiger partial charge < -0.3 is 9.05 Å². The third-order valence-corrected chi connectivity index (χ3v) is 5.65. The Labute approximate surface area is 139 Å². The molecule has 0 aromatic heterocycles. The van der Waals surface area contributed by atoms with E-state index in [1.54, 1.807) is 11.8 Å². The third kappa shape index (κ3) is 3.01. The topological polar surface area (TPSA) is 35.5 Å². The van der Waals surface area contributed by atoms with Crippen molar-refractivity contribution in [3.63, 3.8) is 0 Å². The second-order valence-electron chi connectivity index (χ2n) is 5.53. The van der Waals surface area contributed by atoms with Crippen LogP contribution in [0.15, 0.2) is 34.1 Å². The first-order valence-corrected chi connectivity index (χ1v) is 10.1. The molecule has 0 spiro atoms. The third-order valence-electron chi connectivity index (χ3n) is 3.39. The summed E-state index contributed by atoms with van der Waals surface area (Å²) in [4.78, 5) is 1.79. The molecule has 0 atom stereocenters. The van der Waals surface area contributed by atoms with Crippen LogP contribution in [0.5, 0.6) is 11.5 Å². The summed E-state index contributed by atoms with van der Waals surface area (Å²) in [7, 11) is 0. The maximum Gasteiger partial charge on any atom is 0.530 e. The summed E-state index contributed by atoms with van der Waals surface area (Å²) in [5, 5.41) is 0. The molecule has 0 saturated heterocycles. The van der Waals surface area contributed by atoms with Crippen LogP contribution in [-0.2, 0) is 4.57 Å². The molecular formula is C16H16ClO3PS. The van der Waals surface area contributed by atoms with Gasteiger partial charge in [0.05, 0.1) is 9.79 Å². The molecular weight excluding hydrogens is 339 g/mol. The van der Waals surface area contributed by atoms with Crippen LogP contribution in [0.4, 0.5) is 0 Å². The zero-order chi connectivity index (χ0) is 16.1. The standard InChI is InChI=1S/C16H16ClO3PS/c1-9-5-11(3)15-13(7-9)22-14-8-10(2)6-12(4)16(14)20-21(17,18)19-15/h5-8H,1-4H3. The first-order chi connectivity index (χ1) is 10.2. The van der Waals surface area contributed by atoms with E-state index in [1.807, 2.05) is 52.0 Å². The minimum absolute atomic E-state index is 0.527. The van der Waals surface area contributed by atoms with Gasteiger partial charge in [-0.2, -0.15) is 0 Å². The highest BCUT2D eigenvalue weighted by molar-refractivity contribution is 7.99. The molecule has 1 aliphatic rings. The molecule has 0 fully saturated rings. The first kappa shape index (κ1) is 15.8. The van der Waals surface area contributed by atoms with Gasteiger partial charge in [0.2, 0.25) is 0 Å². The fourth-order valence-corrected chi connectivity index (χ4v) is 5.38. The van der Waals surface area contributed by atoms with Crippen LogP contribution in [0.25, 0.3) is 0 Å². The van der Waals surface area contributed by atoms with E-state index in [0.29, 0.717) is 11.5 Å². The van der Waals surface area contributed by atoms with Gasteiger partial charge in [-0.25, -0.2) is 4.57 Å². The predicted molar refractivity (Wildman–Crippen MR) is 90.7 cm³/mol. The zero-order valence-corrected chi connectivity index (χ0v) is 15.2. The van der Waals surface area contributed by atoms with Crippen LogP contribution in [0, 0.1) is 27.7 Å². The fourth-order valence-electron chi connectivity index (χ4n) is 2.57. The molecule has 0 N–H and O–H groups in total. The number of rotatable bonds is 0. The molecule has 2 aromatic carbocycles. The summed E-state index contributed by atoms with van der Waals surface area (Å²) in [6.07, 6.45) is 0. The van der Waals surface area contributed by atoms with Crippen molar-refractivity contribution in [2.75, 3.05) is 0 Å². The molecule has 22 heavy (non-hydrogen) atoms. The van der Waals surface area contributed by atoms with E-state index in [-0.39, 0.29) is 0 Å². The van der Waals surface area contributed by atoms with Crippen molar-refractivity contribution in [2.24, 2.45) is 0 Å². The maximum absolute atomic E-state index is 12.5. The summed E-state index contributed by atoms with van der Waals surface area (Å²) >= 11 is 7.57. The van der Waals surface area contributed by atoms with Gasteiger partial charge in [-0.1, -0.05) is 23.9 Å². The Kier molecular flexibility index (Phi) is 3.96. The van der Waals surface area contributed by atoms with Crippen LogP contribution in [0.1, 0.15) is 22.3 Å². The van der Waals surface area contributed by atoms with E-state index >= 15 is 0 Å². The van der Waals surface area contributed by atoms with Crippen LogP contribution < -0.4 is 9.05 Å². The number of benzene rings is 2. The Morgan fingerprint density at radius 2 is 1.27 bits per heavy atom. The lowest BCUT2D eigenvalue weighted by Crippen LogP contribution is -2.03. The Bertz CT molecular complexity index is 756. The van der Waals surface area contributed by atoms with Gasteiger partial charge in [0.1, 0.15) is 11.5 Å². The molecule has 1 aliphatic heterocycles. The van der Waals surface area contributed by atoms with E-state index in [0.717, 1.165) is 32.0 Å². The summed E-state index contributed by atoms with van der Waals surface area (Å²) in [5.74, 6) is 1.05. The van der Waals surface area contributed by atoms with Gasteiger partial charge >= 0.3 is 6.95 Å². The van der Waals surface area contributed by atoms with Crippen LogP contribution in [0.3, 0.4) is 0 Å². The molecule has 3 nitrogen and oxygen atoms in total. The van der Waals surface area contributed by atoms with Crippen molar-refractivity contribution in [1.82, 2.24) is 0 Å². The van der Waals surface area contributed by atoms with Gasteiger partial charge in [-0.05, 0) is 62.1 Å². The highest BCUT2D eigenvalue weighted by atomic mass is 35.7. The number of halogens is 1. The average Bonchev–Trinajstić information content (AvgIpc) is 2.36. The Balaban J connectivity index is 2.26. The second kappa shape index (κ2) is 5.52. The van der Waals surface area contributed by atoms with Crippen LogP contribution in [-0.4, -0.2) is 0 Å². The highest BCUT2D eigenvalue weighted by Gasteiger charge is 2.32. The van der Waals surface area contributed by atoms with Crippen molar-refractivity contribution >= 4 is 30.0 Å². The second-order valence-corrected chi connectivity index (χ2v) is 9.09. The molecule has 2 aromatic rings. The number of hydrogen-bond acceptors (Lipinski definition) is 4. The summed E-state index contributed by atoms with van der Waals surface area (Å²) in [6, 6.07) is 7.97. The van der Waals surface area contributed by atoms with E-state index in [2.05, 4.69) is 0 Å². The van der Waals surface area contributed by atoms with Crippen molar-refractivity contribution < 1.29 is 13.6 Å². The van der Waals surface area contributed by atoms with E-state index < -0.39 is 6.95 Å². The molecule has 0 amide bonds. The first-order valence-electron chi connectivity index (χ1n) is 6.84. The van der Waals surface area contributed by atoms with Gasteiger partial charge in [-0.3, -0.25) is 0 Å². The van der Waals surface area contributed by atoms with E-state index in [4.69, 9.17) is 20.3 Å². The lowest BCUT2D eigenvalue weighted by molar-refractivity contribution is 0.395. The molecule has 0 bridgehead atoms. The molecule has 0 radical (unpaired) electrons. The normalized spacial score (nSPS) is 15.7. The number of aryl methyl sites for hydroxylation is 4. The molecule has 3 rings (SSSR count).